The van der Waals surface area contributed by atoms with Gasteiger partial charge in [-0.15, -0.1) is 0 Å². The molecule has 1 unspecified atom stereocenters. The van der Waals surface area contributed by atoms with E-state index in [4.69, 9.17) is 21.5 Å². The molecule has 1 amide bonds. The molecule has 2 aromatic rings. The topological polar surface area (TPSA) is 151 Å². The lowest BCUT2D eigenvalue weighted by Crippen LogP contribution is -2.63. The molecular weight excluding hydrogens is 370 g/mol. The third-order valence-corrected chi connectivity index (χ3v) is 4.72. The predicted molar refractivity (Wildman–Crippen MR) is 109 cm³/mol. The van der Waals surface area contributed by atoms with Crippen LogP contribution in [0.15, 0.2) is 48.8 Å². The Morgan fingerprint density at radius 2 is 2.00 bits per heavy atom. The summed E-state index contributed by atoms with van der Waals surface area (Å²) < 4.78 is 5.86. The molecule has 1 aromatic heterocycles. The van der Waals surface area contributed by atoms with Crippen molar-refractivity contribution >= 4 is 11.6 Å². The van der Waals surface area contributed by atoms with Crippen LogP contribution in [0.3, 0.4) is 0 Å². The summed E-state index contributed by atoms with van der Waals surface area (Å²) in [5, 5.41) is 18.1. The quantitative estimate of drug-likeness (QED) is 0.430. The van der Waals surface area contributed by atoms with Crippen LogP contribution in [0.4, 0.5) is 5.69 Å². The Labute approximate surface area is 169 Å². The smallest absolute Gasteiger partial charge is 0.233 e. The Kier molecular flexibility index (Phi) is 7.10. The standard InChI is InChI=1S/C20H25N7O2/c21-8-6-13-10-25-19(26-11-13)17(18(22)23)20(28)27-15-12-24-9-7-16(15)29-14-4-2-1-3-5-14/h1-5,7,9,12-13,17-19,25-26H,6,10-11,22-23H2,(H,27,28). The Bertz CT molecular complexity index is 845. The predicted octanol–water partition coefficient (Wildman–Crippen LogP) is 0.721. The maximum absolute atomic E-state index is 13.0. The number of carbonyl (C=O) groups excluding carboxylic acids is 1. The van der Waals surface area contributed by atoms with Gasteiger partial charge < -0.3 is 32.2 Å². The Balaban J connectivity index is 1.70. The van der Waals surface area contributed by atoms with Crippen molar-refractivity contribution in [1.82, 2.24) is 15.6 Å². The molecule has 1 saturated heterocycles. The number of aromatic nitrogens is 1. The summed E-state index contributed by atoms with van der Waals surface area (Å²) in [4.78, 5) is 17.0. The number of benzene rings is 1. The van der Waals surface area contributed by atoms with Gasteiger partial charge >= 0.3 is 0 Å². The second kappa shape index (κ2) is 9.95. The van der Waals surface area contributed by atoms with Gasteiger partial charge in [-0.2, -0.15) is 5.26 Å². The average molecular weight is 395 g/mol. The van der Waals surface area contributed by atoms with E-state index in [9.17, 15) is 4.79 Å². The number of amides is 1. The molecule has 0 aliphatic carbocycles. The number of nitrogens with zero attached hydrogens (tertiary/aromatic N) is 2. The Morgan fingerprint density at radius 3 is 2.66 bits per heavy atom. The largest absolute Gasteiger partial charge is 0.455 e. The molecule has 1 aromatic carbocycles. The highest BCUT2D eigenvalue weighted by Crippen LogP contribution is 2.29. The molecule has 9 nitrogen and oxygen atoms in total. The summed E-state index contributed by atoms with van der Waals surface area (Å²) in [7, 11) is 0. The molecule has 1 fully saturated rings. The lowest BCUT2D eigenvalue weighted by Gasteiger charge is -2.36. The molecule has 1 atom stereocenters. The lowest BCUT2D eigenvalue weighted by molar-refractivity contribution is -0.122. The van der Waals surface area contributed by atoms with E-state index in [1.54, 1.807) is 12.3 Å². The summed E-state index contributed by atoms with van der Waals surface area (Å²) in [6.45, 7) is 1.22. The van der Waals surface area contributed by atoms with Gasteiger partial charge in [-0.25, -0.2) is 0 Å². The van der Waals surface area contributed by atoms with Crippen molar-refractivity contribution in [3.8, 4) is 17.6 Å². The minimum atomic E-state index is -0.886. The average Bonchev–Trinajstić information content (AvgIpc) is 2.72. The van der Waals surface area contributed by atoms with E-state index in [2.05, 4.69) is 27.0 Å². The van der Waals surface area contributed by atoms with Crippen LogP contribution in [-0.4, -0.2) is 36.3 Å². The Morgan fingerprint density at radius 1 is 1.28 bits per heavy atom. The van der Waals surface area contributed by atoms with Gasteiger partial charge in [0, 0.05) is 31.8 Å². The molecule has 152 valence electrons. The molecule has 7 N–H and O–H groups in total. The second-order valence-electron chi connectivity index (χ2n) is 6.90. The first-order chi connectivity index (χ1) is 14.1. The van der Waals surface area contributed by atoms with E-state index in [0.717, 1.165) is 0 Å². The third kappa shape index (κ3) is 5.49. The van der Waals surface area contributed by atoms with Gasteiger partial charge in [-0.05, 0) is 18.1 Å². The number of anilines is 1. The number of nitrogens with one attached hydrogen (secondary N) is 3. The van der Waals surface area contributed by atoms with Crippen molar-refractivity contribution < 1.29 is 9.53 Å². The van der Waals surface area contributed by atoms with Gasteiger partial charge in [0.2, 0.25) is 5.91 Å². The number of hydrogen-bond acceptors (Lipinski definition) is 8. The fourth-order valence-corrected chi connectivity index (χ4v) is 3.20. The van der Waals surface area contributed by atoms with E-state index < -0.39 is 18.2 Å². The molecular formula is C20H25N7O2. The maximum atomic E-state index is 13.0. The molecule has 1 aliphatic rings. The fourth-order valence-electron chi connectivity index (χ4n) is 3.20. The summed E-state index contributed by atoms with van der Waals surface area (Å²) >= 11 is 0. The highest BCUT2D eigenvalue weighted by Gasteiger charge is 2.35. The number of pyridine rings is 1. The van der Waals surface area contributed by atoms with Gasteiger partial charge in [0.1, 0.15) is 11.4 Å². The van der Waals surface area contributed by atoms with Gasteiger partial charge in [-0.1, -0.05) is 18.2 Å². The van der Waals surface area contributed by atoms with Crippen LogP contribution < -0.4 is 32.2 Å². The van der Waals surface area contributed by atoms with Gasteiger partial charge in [0.15, 0.2) is 5.75 Å². The molecule has 0 radical (unpaired) electrons. The van der Waals surface area contributed by atoms with Gasteiger partial charge in [0.25, 0.3) is 0 Å². The molecule has 3 rings (SSSR count). The first kappa shape index (κ1) is 20.7. The first-order valence-corrected chi connectivity index (χ1v) is 9.41. The number of carbonyl (C=O) groups is 1. The fraction of sp³-hybridized carbons (Fsp3) is 0.350. The molecule has 1 aliphatic heterocycles. The zero-order chi connectivity index (χ0) is 20.6. The summed E-state index contributed by atoms with van der Waals surface area (Å²) in [5.74, 6) is 0.193. The lowest BCUT2D eigenvalue weighted by atomic mass is 9.96. The third-order valence-electron chi connectivity index (χ3n) is 4.72. The number of hydrogen-bond donors (Lipinski definition) is 5. The van der Waals surface area contributed by atoms with Crippen molar-refractivity contribution in [1.29, 1.82) is 5.26 Å². The highest BCUT2D eigenvalue weighted by molar-refractivity contribution is 5.94. The van der Waals surface area contributed by atoms with Crippen molar-refractivity contribution in [2.24, 2.45) is 23.3 Å². The normalized spacial score (nSPS) is 19.9. The summed E-state index contributed by atoms with van der Waals surface area (Å²) in [6, 6.07) is 13.1. The first-order valence-electron chi connectivity index (χ1n) is 9.41. The van der Waals surface area contributed by atoms with Crippen LogP contribution in [0.25, 0.3) is 0 Å². The zero-order valence-electron chi connectivity index (χ0n) is 15.9. The van der Waals surface area contributed by atoms with E-state index in [0.29, 0.717) is 36.7 Å². The number of nitriles is 1. The molecule has 29 heavy (non-hydrogen) atoms. The molecule has 0 spiro atoms. The zero-order valence-corrected chi connectivity index (χ0v) is 15.9. The van der Waals surface area contributed by atoms with Crippen LogP contribution in [-0.2, 0) is 4.79 Å². The minimum absolute atomic E-state index is 0.179. The molecule has 9 heteroatoms. The highest BCUT2D eigenvalue weighted by atomic mass is 16.5. The SMILES string of the molecule is N#CCC1CNC(C(C(=O)Nc2cnccc2Oc2ccccc2)C(N)N)NC1. The van der Waals surface area contributed by atoms with Crippen LogP contribution >= 0.6 is 0 Å². The molecule has 0 saturated carbocycles. The minimum Gasteiger partial charge on any atom is -0.455 e. The van der Waals surface area contributed by atoms with Crippen molar-refractivity contribution in [2.75, 3.05) is 18.4 Å². The monoisotopic (exact) mass is 395 g/mol. The van der Waals surface area contributed by atoms with E-state index in [-0.39, 0.29) is 11.8 Å². The van der Waals surface area contributed by atoms with E-state index >= 15 is 0 Å². The Hall–Kier alpha value is -3.03. The summed E-state index contributed by atoms with van der Waals surface area (Å²) in [6.07, 6.45) is 2.25. The van der Waals surface area contributed by atoms with E-state index in [1.807, 2.05) is 30.3 Å². The summed E-state index contributed by atoms with van der Waals surface area (Å²) in [5.41, 5.74) is 12.3. The number of rotatable bonds is 7. The molecule has 2 heterocycles. The van der Waals surface area contributed by atoms with Crippen LogP contribution in [0.1, 0.15) is 6.42 Å². The maximum Gasteiger partial charge on any atom is 0.233 e. The van der Waals surface area contributed by atoms with Crippen molar-refractivity contribution in [2.45, 2.75) is 18.8 Å². The van der Waals surface area contributed by atoms with Gasteiger partial charge in [0.05, 0.1) is 30.5 Å². The second-order valence-corrected chi connectivity index (χ2v) is 6.90. The van der Waals surface area contributed by atoms with E-state index in [1.165, 1.54) is 6.20 Å². The van der Waals surface area contributed by atoms with Gasteiger partial charge in [-0.3, -0.25) is 9.78 Å². The number of para-hydroxylation sites is 1. The van der Waals surface area contributed by atoms with Crippen molar-refractivity contribution in [3.63, 3.8) is 0 Å². The molecule has 0 bridgehead atoms. The van der Waals surface area contributed by atoms with Crippen LogP contribution in [0.5, 0.6) is 11.5 Å². The number of nitrogens with two attached hydrogens (primary N) is 2. The number of ether oxygens (including phenoxy) is 1. The van der Waals surface area contributed by atoms with Crippen molar-refractivity contribution in [3.05, 3.63) is 48.8 Å². The van der Waals surface area contributed by atoms with Crippen LogP contribution in [0, 0.1) is 23.2 Å². The van der Waals surface area contributed by atoms with Crippen LogP contribution in [0.2, 0.25) is 0 Å².